The Morgan fingerprint density at radius 1 is 0.967 bits per heavy atom. The molecule has 0 aliphatic carbocycles. The fourth-order valence-electron chi connectivity index (χ4n) is 3.22. The Morgan fingerprint density at radius 3 is 2.23 bits per heavy atom. The number of hydrogen-bond acceptors (Lipinski definition) is 6. The number of nitrogens with two attached hydrogens (primary N) is 2. The second-order valence-corrected chi connectivity index (χ2v) is 8.88. The standard InChI is InChI=1S/C22H33N3O4S/c1-2-18(19-6-3-9-21(16-19)28-13-11-23)7-5-15-30(26,27)25-20-8-4-10-22(17-20)29-14-12-24/h3-4,6,8-10,16-18,25H,2,5,7,11-15,23-24H2,1H3. The quantitative estimate of drug-likeness (QED) is 0.420. The van der Waals surface area contributed by atoms with Gasteiger partial charge < -0.3 is 20.9 Å². The average molecular weight is 436 g/mol. The molecule has 0 radical (unpaired) electrons. The number of benzene rings is 2. The molecule has 2 aromatic carbocycles. The Morgan fingerprint density at radius 2 is 1.60 bits per heavy atom. The van der Waals surface area contributed by atoms with E-state index in [1.165, 1.54) is 0 Å². The molecule has 30 heavy (non-hydrogen) atoms. The summed E-state index contributed by atoms with van der Waals surface area (Å²) in [5.74, 6) is 1.71. The summed E-state index contributed by atoms with van der Waals surface area (Å²) < 4.78 is 38.7. The van der Waals surface area contributed by atoms with Crippen molar-refractivity contribution in [3.05, 3.63) is 54.1 Å². The van der Waals surface area contributed by atoms with Crippen molar-refractivity contribution in [1.82, 2.24) is 0 Å². The van der Waals surface area contributed by atoms with Gasteiger partial charge in [-0.2, -0.15) is 0 Å². The smallest absolute Gasteiger partial charge is 0.232 e. The Bertz CT molecular complexity index is 874. The summed E-state index contributed by atoms with van der Waals surface area (Å²) in [5, 5.41) is 0. The van der Waals surface area contributed by atoms with Gasteiger partial charge in [-0.1, -0.05) is 25.1 Å². The highest BCUT2D eigenvalue weighted by Crippen LogP contribution is 2.28. The summed E-state index contributed by atoms with van der Waals surface area (Å²) in [7, 11) is -3.45. The fourth-order valence-corrected chi connectivity index (χ4v) is 4.35. The number of sulfonamides is 1. The van der Waals surface area contributed by atoms with Crippen LogP contribution in [0.15, 0.2) is 48.5 Å². The van der Waals surface area contributed by atoms with Crippen molar-refractivity contribution >= 4 is 15.7 Å². The van der Waals surface area contributed by atoms with Crippen LogP contribution in [0.5, 0.6) is 11.5 Å². The monoisotopic (exact) mass is 435 g/mol. The van der Waals surface area contributed by atoms with Crippen molar-refractivity contribution in [2.75, 3.05) is 36.8 Å². The van der Waals surface area contributed by atoms with Gasteiger partial charge in [0.2, 0.25) is 10.0 Å². The Kier molecular flexibility index (Phi) is 9.93. The van der Waals surface area contributed by atoms with Crippen LogP contribution in [0.4, 0.5) is 5.69 Å². The fraction of sp³-hybridized carbons (Fsp3) is 0.455. The third kappa shape index (κ3) is 8.22. The largest absolute Gasteiger partial charge is 0.492 e. The molecule has 2 rings (SSSR count). The van der Waals surface area contributed by atoms with E-state index in [0.29, 0.717) is 44.2 Å². The van der Waals surface area contributed by atoms with Gasteiger partial charge in [-0.05, 0) is 55.0 Å². The van der Waals surface area contributed by atoms with Gasteiger partial charge in [0, 0.05) is 19.2 Å². The summed E-state index contributed by atoms with van der Waals surface area (Å²) in [6.07, 6.45) is 2.26. The van der Waals surface area contributed by atoms with Crippen molar-refractivity contribution in [3.8, 4) is 11.5 Å². The van der Waals surface area contributed by atoms with Crippen LogP contribution in [-0.2, 0) is 10.0 Å². The zero-order valence-electron chi connectivity index (χ0n) is 17.5. The van der Waals surface area contributed by atoms with Gasteiger partial charge in [-0.15, -0.1) is 0 Å². The normalized spacial score (nSPS) is 12.4. The van der Waals surface area contributed by atoms with Crippen LogP contribution >= 0.6 is 0 Å². The highest BCUT2D eigenvalue weighted by molar-refractivity contribution is 7.92. The second-order valence-electron chi connectivity index (χ2n) is 7.04. The molecule has 166 valence electrons. The molecule has 0 saturated heterocycles. The first kappa shape index (κ1) is 24.0. The lowest BCUT2D eigenvalue weighted by molar-refractivity contribution is 0.327. The maximum Gasteiger partial charge on any atom is 0.232 e. The van der Waals surface area contributed by atoms with E-state index < -0.39 is 10.0 Å². The molecule has 0 aliphatic rings. The summed E-state index contributed by atoms with van der Waals surface area (Å²) in [4.78, 5) is 0. The summed E-state index contributed by atoms with van der Waals surface area (Å²) in [5.41, 5.74) is 12.6. The van der Waals surface area contributed by atoms with Crippen LogP contribution in [0.3, 0.4) is 0 Å². The van der Waals surface area contributed by atoms with E-state index in [0.717, 1.165) is 24.2 Å². The van der Waals surface area contributed by atoms with Gasteiger partial charge in [-0.25, -0.2) is 8.42 Å². The van der Waals surface area contributed by atoms with Gasteiger partial charge in [0.1, 0.15) is 24.7 Å². The van der Waals surface area contributed by atoms with Gasteiger partial charge in [0.25, 0.3) is 0 Å². The van der Waals surface area contributed by atoms with Gasteiger partial charge in [-0.3, -0.25) is 4.72 Å². The van der Waals surface area contributed by atoms with Crippen LogP contribution in [0.25, 0.3) is 0 Å². The Labute approximate surface area is 179 Å². The van der Waals surface area contributed by atoms with Crippen molar-refractivity contribution in [2.45, 2.75) is 32.1 Å². The minimum Gasteiger partial charge on any atom is -0.492 e. The van der Waals surface area contributed by atoms with Crippen molar-refractivity contribution in [3.63, 3.8) is 0 Å². The highest BCUT2D eigenvalue weighted by atomic mass is 32.2. The Hall–Kier alpha value is -2.29. The van der Waals surface area contributed by atoms with Crippen LogP contribution in [-0.4, -0.2) is 40.5 Å². The molecule has 2 aromatic rings. The summed E-state index contributed by atoms with van der Waals surface area (Å²) in [6, 6.07) is 14.8. The first-order valence-electron chi connectivity index (χ1n) is 10.3. The van der Waals surface area contributed by atoms with E-state index in [-0.39, 0.29) is 11.7 Å². The molecule has 5 N–H and O–H groups in total. The van der Waals surface area contributed by atoms with Crippen LogP contribution in [0.1, 0.15) is 37.7 Å². The molecule has 0 spiro atoms. The molecule has 8 heteroatoms. The van der Waals surface area contributed by atoms with Crippen LogP contribution in [0, 0.1) is 0 Å². The van der Waals surface area contributed by atoms with Crippen LogP contribution < -0.4 is 25.7 Å². The number of anilines is 1. The van der Waals surface area contributed by atoms with Gasteiger partial charge in [0.15, 0.2) is 0 Å². The molecule has 0 aromatic heterocycles. The lowest BCUT2D eigenvalue weighted by Crippen LogP contribution is -2.17. The molecule has 0 fully saturated rings. The van der Waals surface area contributed by atoms with E-state index in [4.69, 9.17) is 20.9 Å². The topological polar surface area (TPSA) is 117 Å². The Balaban J connectivity index is 1.90. The van der Waals surface area contributed by atoms with E-state index in [1.54, 1.807) is 24.3 Å². The maximum atomic E-state index is 12.5. The molecule has 7 nitrogen and oxygen atoms in total. The van der Waals surface area contributed by atoms with Crippen LogP contribution in [0.2, 0.25) is 0 Å². The molecule has 1 unspecified atom stereocenters. The van der Waals surface area contributed by atoms with Crippen molar-refractivity contribution < 1.29 is 17.9 Å². The molecule has 0 saturated carbocycles. The van der Waals surface area contributed by atoms with E-state index in [2.05, 4.69) is 17.7 Å². The molecule has 0 amide bonds. The first-order valence-corrected chi connectivity index (χ1v) is 12.0. The first-order chi connectivity index (χ1) is 14.5. The average Bonchev–Trinajstić information content (AvgIpc) is 2.74. The molecule has 1 atom stereocenters. The zero-order chi connectivity index (χ0) is 21.8. The third-order valence-electron chi connectivity index (χ3n) is 4.67. The minimum absolute atomic E-state index is 0.0563. The molecule has 0 aliphatic heterocycles. The van der Waals surface area contributed by atoms with E-state index in [1.807, 2.05) is 18.2 Å². The van der Waals surface area contributed by atoms with Gasteiger partial charge in [0.05, 0.1) is 11.4 Å². The number of rotatable bonds is 14. The predicted molar refractivity (Wildman–Crippen MR) is 122 cm³/mol. The summed E-state index contributed by atoms with van der Waals surface area (Å²) in [6.45, 7) is 3.83. The molecular weight excluding hydrogens is 402 g/mol. The zero-order valence-corrected chi connectivity index (χ0v) is 18.4. The second kappa shape index (κ2) is 12.4. The van der Waals surface area contributed by atoms with Crippen molar-refractivity contribution in [1.29, 1.82) is 0 Å². The van der Waals surface area contributed by atoms with E-state index in [9.17, 15) is 8.42 Å². The van der Waals surface area contributed by atoms with Crippen molar-refractivity contribution in [2.24, 2.45) is 11.5 Å². The molecular formula is C22H33N3O4S. The molecule has 0 heterocycles. The number of ether oxygens (including phenoxy) is 2. The predicted octanol–water partition coefficient (Wildman–Crippen LogP) is 3.08. The highest BCUT2D eigenvalue weighted by Gasteiger charge is 2.15. The maximum absolute atomic E-state index is 12.5. The van der Waals surface area contributed by atoms with E-state index >= 15 is 0 Å². The summed E-state index contributed by atoms with van der Waals surface area (Å²) >= 11 is 0. The lowest BCUT2D eigenvalue weighted by Gasteiger charge is -2.17. The van der Waals surface area contributed by atoms with Gasteiger partial charge >= 0.3 is 0 Å². The number of hydrogen-bond donors (Lipinski definition) is 3. The third-order valence-corrected chi connectivity index (χ3v) is 6.04. The molecule has 0 bridgehead atoms. The minimum atomic E-state index is -3.45. The lowest BCUT2D eigenvalue weighted by atomic mass is 9.92. The SMILES string of the molecule is CCC(CCCS(=O)(=O)Nc1cccc(OCCN)c1)c1cccc(OCCN)c1. The number of nitrogens with one attached hydrogen (secondary N) is 1.